The van der Waals surface area contributed by atoms with Crippen LogP contribution in [0.5, 0.6) is 0 Å². The number of carbonyl (C=O) groups excluding carboxylic acids is 5. The van der Waals surface area contributed by atoms with Crippen LogP contribution in [0.1, 0.15) is 131 Å². The second-order valence-electron chi connectivity index (χ2n) is 17.0. The molecule has 17 heteroatoms. The Morgan fingerprint density at radius 3 is 2.56 bits per heavy atom. The molecular formula is C45H52F2N8O7. The molecule has 15 nitrogen and oxygen atoms in total. The number of ether oxygens (including phenoxy) is 1. The molecule has 4 aromatic rings. The van der Waals surface area contributed by atoms with E-state index in [2.05, 4.69) is 37.6 Å². The normalized spacial score (nSPS) is 20.3. The number of alkyl halides is 2. The SMILES string of the molecule is CN(CCCOCCCc1cccc2c1C(=O)N(C1CCC(=O)NC1=O)C2=O)CC1CCC(n2cc(NC(=O)c3coc(-c4ccnc(CCC5CC5)c4)n3)c(C(F)F)n2)CC1. The van der Waals surface area contributed by atoms with Crippen molar-refractivity contribution in [1.29, 1.82) is 0 Å². The van der Waals surface area contributed by atoms with E-state index in [1.54, 1.807) is 29.1 Å². The van der Waals surface area contributed by atoms with Crippen LogP contribution in [0, 0.1) is 11.8 Å². The molecule has 5 amide bonds. The summed E-state index contributed by atoms with van der Waals surface area (Å²) in [6.07, 6.45) is 11.6. The Morgan fingerprint density at radius 1 is 1.00 bits per heavy atom. The highest BCUT2D eigenvalue weighted by atomic mass is 19.3. The predicted octanol–water partition coefficient (Wildman–Crippen LogP) is 6.57. The van der Waals surface area contributed by atoms with Gasteiger partial charge < -0.3 is 19.4 Å². The topological polar surface area (TPSA) is 182 Å². The number of amides is 5. The number of aryl methyl sites for hydroxylation is 2. The summed E-state index contributed by atoms with van der Waals surface area (Å²) in [5, 5.41) is 9.03. The van der Waals surface area contributed by atoms with Gasteiger partial charge in [-0.15, -0.1) is 0 Å². The maximum absolute atomic E-state index is 14.1. The number of halogens is 2. The monoisotopic (exact) mass is 854 g/mol. The van der Waals surface area contributed by atoms with Gasteiger partial charge in [0.15, 0.2) is 11.4 Å². The number of aromatic nitrogens is 4. The number of oxazole rings is 1. The number of piperidine rings is 1. The number of carbonyl (C=O) groups is 5. The van der Waals surface area contributed by atoms with E-state index in [0.717, 1.165) is 80.1 Å². The quantitative estimate of drug-likeness (QED) is 0.0769. The first kappa shape index (κ1) is 43.0. The molecule has 2 N–H and O–H groups in total. The van der Waals surface area contributed by atoms with Gasteiger partial charge in [0.05, 0.1) is 22.9 Å². The van der Waals surface area contributed by atoms with Crippen LogP contribution in [-0.2, 0) is 27.2 Å². The fourth-order valence-corrected chi connectivity index (χ4v) is 8.87. The third-order valence-electron chi connectivity index (χ3n) is 12.4. The first-order valence-corrected chi connectivity index (χ1v) is 21.7. The summed E-state index contributed by atoms with van der Waals surface area (Å²) in [5.41, 5.74) is 2.41. The minimum absolute atomic E-state index is 0.0208. The molecule has 0 spiro atoms. The largest absolute Gasteiger partial charge is 0.444 e. The molecule has 2 aliphatic heterocycles. The molecule has 2 aliphatic carbocycles. The summed E-state index contributed by atoms with van der Waals surface area (Å²) >= 11 is 0. The van der Waals surface area contributed by atoms with Crippen LogP contribution in [0.4, 0.5) is 14.5 Å². The van der Waals surface area contributed by atoms with Gasteiger partial charge in [-0.1, -0.05) is 25.0 Å². The summed E-state index contributed by atoms with van der Waals surface area (Å²) in [7, 11) is 2.08. The molecule has 1 atom stereocenters. The maximum atomic E-state index is 14.1. The van der Waals surface area contributed by atoms with E-state index in [-0.39, 0.29) is 41.7 Å². The van der Waals surface area contributed by atoms with Crippen molar-refractivity contribution in [2.45, 2.75) is 102 Å². The number of benzene rings is 1. The number of rotatable bonds is 19. The zero-order valence-corrected chi connectivity index (χ0v) is 34.8. The third kappa shape index (κ3) is 9.99. The number of fused-ring (bicyclic) bond motifs is 1. The van der Waals surface area contributed by atoms with Gasteiger partial charge in [0, 0.05) is 56.4 Å². The highest BCUT2D eigenvalue weighted by molar-refractivity contribution is 6.24. The van der Waals surface area contributed by atoms with E-state index in [1.807, 2.05) is 12.1 Å². The fourth-order valence-electron chi connectivity index (χ4n) is 8.87. The van der Waals surface area contributed by atoms with Crippen molar-refractivity contribution in [2.75, 3.05) is 38.7 Å². The van der Waals surface area contributed by atoms with Gasteiger partial charge in [0.25, 0.3) is 24.1 Å². The Labute approximate surface area is 358 Å². The highest BCUT2D eigenvalue weighted by Gasteiger charge is 2.45. The first-order chi connectivity index (χ1) is 30.0. The number of imide groups is 2. The number of hydrogen-bond donors (Lipinski definition) is 2. The first-order valence-electron chi connectivity index (χ1n) is 21.7. The van der Waals surface area contributed by atoms with Crippen molar-refractivity contribution in [3.63, 3.8) is 0 Å². The highest BCUT2D eigenvalue weighted by Crippen LogP contribution is 2.36. The molecule has 0 radical (unpaired) electrons. The molecule has 1 saturated heterocycles. The molecular weight excluding hydrogens is 803 g/mol. The van der Waals surface area contributed by atoms with Crippen molar-refractivity contribution in [1.82, 2.24) is 34.9 Å². The molecule has 62 heavy (non-hydrogen) atoms. The van der Waals surface area contributed by atoms with Gasteiger partial charge in [-0.05, 0) is 107 Å². The van der Waals surface area contributed by atoms with Gasteiger partial charge >= 0.3 is 0 Å². The van der Waals surface area contributed by atoms with Crippen molar-refractivity contribution >= 4 is 35.2 Å². The molecule has 1 aromatic carbocycles. The summed E-state index contributed by atoms with van der Waals surface area (Å²) in [5.74, 6) is -1.23. The Hall–Kier alpha value is -5.68. The van der Waals surface area contributed by atoms with Gasteiger partial charge in [0.1, 0.15) is 12.3 Å². The van der Waals surface area contributed by atoms with Gasteiger partial charge in [-0.25, -0.2) is 13.8 Å². The minimum Gasteiger partial charge on any atom is -0.444 e. The lowest BCUT2D eigenvalue weighted by Crippen LogP contribution is -2.54. The number of pyridine rings is 1. The lowest BCUT2D eigenvalue weighted by molar-refractivity contribution is -0.136. The summed E-state index contributed by atoms with van der Waals surface area (Å²) < 4.78 is 41.4. The van der Waals surface area contributed by atoms with Crippen LogP contribution < -0.4 is 10.6 Å². The van der Waals surface area contributed by atoms with E-state index >= 15 is 0 Å². The van der Waals surface area contributed by atoms with Crippen molar-refractivity contribution in [2.24, 2.45) is 11.8 Å². The van der Waals surface area contributed by atoms with Crippen molar-refractivity contribution in [3.05, 3.63) is 82.8 Å². The van der Waals surface area contributed by atoms with Gasteiger partial charge in [-0.2, -0.15) is 5.10 Å². The Morgan fingerprint density at radius 2 is 1.79 bits per heavy atom. The number of hydrogen-bond acceptors (Lipinski definition) is 11. The summed E-state index contributed by atoms with van der Waals surface area (Å²) in [4.78, 5) is 75.7. The van der Waals surface area contributed by atoms with E-state index in [4.69, 9.17) is 9.15 Å². The Balaban J connectivity index is 0.741. The lowest BCUT2D eigenvalue weighted by Gasteiger charge is -2.31. The second-order valence-corrected chi connectivity index (χ2v) is 17.0. The van der Waals surface area contributed by atoms with E-state index in [0.29, 0.717) is 43.1 Å². The second kappa shape index (κ2) is 19.2. The molecule has 4 aliphatic rings. The van der Waals surface area contributed by atoms with E-state index in [1.165, 1.54) is 25.3 Å². The van der Waals surface area contributed by atoms with E-state index < -0.39 is 47.7 Å². The molecule has 5 heterocycles. The molecule has 0 bridgehead atoms. The molecule has 3 fully saturated rings. The third-order valence-corrected chi connectivity index (χ3v) is 12.4. The summed E-state index contributed by atoms with van der Waals surface area (Å²) in [6, 6.07) is 7.76. The van der Waals surface area contributed by atoms with Crippen LogP contribution >= 0.6 is 0 Å². The molecule has 8 rings (SSSR count). The zero-order chi connectivity index (χ0) is 43.3. The van der Waals surface area contributed by atoms with Crippen LogP contribution in [0.3, 0.4) is 0 Å². The van der Waals surface area contributed by atoms with Gasteiger partial charge in [0.2, 0.25) is 17.7 Å². The van der Waals surface area contributed by atoms with Crippen LogP contribution in [0.25, 0.3) is 11.5 Å². The minimum atomic E-state index is -2.87. The van der Waals surface area contributed by atoms with Crippen molar-refractivity contribution in [3.8, 4) is 11.5 Å². The van der Waals surface area contributed by atoms with E-state index in [9.17, 15) is 32.8 Å². The van der Waals surface area contributed by atoms with Gasteiger partial charge in [-0.3, -0.25) is 43.9 Å². The number of nitrogens with zero attached hydrogens (tertiary/aromatic N) is 6. The van der Waals surface area contributed by atoms with Crippen LogP contribution in [0.2, 0.25) is 0 Å². The Bertz CT molecular complexity index is 2300. The van der Waals surface area contributed by atoms with Crippen LogP contribution in [-0.4, -0.2) is 98.5 Å². The Kier molecular flexibility index (Phi) is 13.3. The molecule has 3 aromatic heterocycles. The maximum Gasteiger partial charge on any atom is 0.284 e. The zero-order valence-electron chi connectivity index (χ0n) is 34.8. The average Bonchev–Trinajstić information content (AvgIpc) is 3.66. The molecule has 2 saturated carbocycles. The number of anilines is 1. The average molecular weight is 855 g/mol. The molecule has 1 unspecified atom stereocenters. The lowest BCUT2D eigenvalue weighted by atomic mass is 9.86. The fraction of sp³-hybridized carbons (Fsp3) is 0.511. The van der Waals surface area contributed by atoms with Crippen LogP contribution in [0.15, 0.2) is 53.4 Å². The number of nitrogens with one attached hydrogen (secondary N) is 2. The predicted molar refractivity (Wildman–Crippen MR) is 221 cm³/mol. The standard InChI is InChI=1S/C45H52F2N8O7/c1-53(20-4-22-61-21-3-6-29-5-2-7-33-38(29)45(60)55(44(33)59)36-16-17-37(56)51-42(36)58)24-28-11-14-32(15-12-28)54-25-34(39(52-54)40(46)47)49-41(57)35-26-62-43(50-35)30-18-19-48-31(23-30)13-10-27-8-9-27/h2,5,7,18-19,23,25-28,32,36,40H,3-4,6,8-17,20-22,24H2,1H3,(H,49,57)(H,51,56,58). The van der Waals surface area contributed by atoms with Crippen molar-refractivity contribution < 1.29 is 41.9 Å². The summed E-state index contributed by atoms with van der Waals surface area (Å²) in [6.45, 7) is 2.80. The smallest absolute Gasteiger partial charge is 0.284 e. The molecule has 328 valence electrons.